The average molecular weight is 359 g/mol. The van der Waals surface area contributed by atoms with Crippen LogP contribution in [0, 0.1) is 12.3 Å². The van der Waals surface area contributed by atoms with E-state index in [1.165, 1.54) is 0 Å². The second-order valence-electron chi connectivity index (χ2n) is 7.10. The number of rotatable bonds is 6. The number of benzene rings is 1. The van der Waals surface area contributed by atoms with Gasteiger partial charge in [-0.15, -0.1) is 10.3 Å². The van der Waals surface area contributed by atoms with Crippen LogP contribution in [0.5, 0.6) is 0 Å². The minimum atomic E-state index is -3.84. The molecule has 1 aliphatic rings. The summed E-state index contributed by atoms with van der Waals surface area (Å²) in [6.45, 7) is 7.94. The van der Waals surface area contributed by atoms with Gasteiger partial charge < -0.3 is 0 Å². The first-order valence-corrected chi connectivity index (χ1v) is 11.4. The molecule has 1 saturated heterocycles. The van der Waals surface area contributed by atoms with Crippen LogP contribution in [0.1, 0.15) is 39.2 Å². The van der Waals surface area contributed by atoms with Gasteiger partial charge in [-0.25, -0.2) is 3.63 Å². The lowest BCUT2D eigenvalue weighted by Gasteiger charge is -2.35. The molecular formula is C17H26O4S2. The predicted molar refractivity (Wildman–Crippen MR) is 95.3 cm³/mol. The van der Waals surface area contributed by atoms with Gasteiger partial charge in [-0.1, -0.05) is 38.5 Å². The molecule has 0 radical (unpaired) electrons. The minimum Gasteiger partial charge on any atom is -0.299 e. The lowest BCUT2D eigenvalue weighted by molar-refractivity contribution is -0.116. The van der Waals surface area contributed by atoms with E-state index in [0.29, 0.717) is 17.9 Å². The van der Waals surface area contributed by atoms with E-state index in [2.05, 4.69) is 13.8 Å². The fraction of sp³-hybridized carbons (Fsp3) is 0.588. The van der Waals surface area contributed by atoms with Crippen molar-refractivity contribution >= 4 is 26.2 Å². The molecule has 23 heavy (non-hydrogen) atoms. The number of ketones is 1. The lowest BCUT2D eigenvalue weighted by Crippen LogP contribution is -2.23. The van der Waals surface area contributed by atoms with Crippen molar-refractivity contribution < 1.29 is 16.8 Å². The highest BCUT2D eigenvalue weighted by atomic mass is 32.3. The van der Waals surface area contributed by atoms with E-state index in [4.69, 9.17) is 3.63 Å². The molecule has 2 rings (SSSR count). The Bertz CT molecular complexity index is 677. The molecule has 130 valence electrons. The Hall–Kier alpha value is -0.850. The number of Topliss-reactive ketones (excluding diaryl/α,β-unsaturated/α-hetero) is 1. The molecule has 0 spiro atoms. The monoisotopic (exact) mass is 358 g/mol. The summed E-state index contributed by atoms with van der Waals surface area (Å²) in [7, 11) is -5.77. The molecule has 1 heterocycles. The molecule has 0 saturated carbocycles. The van der Waals surface area contributed by atoms with E-state index in [1.54, 1.807) is 24.3 Å². The SMILES string of the molecule is CCC(=O)CS1(OS(=O)(=O)c2ccc(C)cc2)CCC(C)(C)C1. The van der Waals surface area contributed by atoms with Gasteiger partial charge in [0.1, 0.15) is 5.78 Å². The van der Waals surface area contributed by atoms with Crippen LogP contribution in [0.15, 0.2) is 29.2 Å². The summed E-state index contributed by atoms with van der Waals surface area (Å²) in [5, 5.41) is 0. The smallest absolute Gasteiger partial charge is 0.299 e. The third-order valence-corrected chi connectivity index (χ3v) is 9.99. The van der Waals surface area contributed by atoms with Crippen LogP contribution in [-0.4, -0.2) is 31.5 Å². The highest BCUT2D eigenvalue weighted by Crippen LogP contribution is 2.62. The first kappa shape index (κ1) is 18.5. The summed E-state index contributed by atoms with van der Waals surface area (Å²) in [5.74, 6) is 1.67. The summed E-state index contributed by atoms with van der Waals surface area (Å²) in [5.41, 5.74) is 1.01. The van der Waals surface area contributed by atoms with E-state index >= 15 is 0 Å². The van der Waals surface area contributed by atoms with Crippen molar-refractivity contribution in [3.8, 4) is 0 Å². The largest absolute Gasteiger partial charge is 0.306 e. The van der Waals surface area contributed by atoms with Crippen LogP contribution < -0.4 is 0 Å². The Balaban J connectivity index is 2.30. The third-order valence-electron chi connectivity index (χ3n) is 4.17. The summed E-state index contributed by atoms with van der Waals surface area (Å²) >= 11 is 0. The predicted octanol–water partition coefficient (Wildman–Crippen LogP) is 3.83. The van der Waals surface area contributed by atoms with Crippen molar-refractivity contribution in [1.29, 1.82) is 0 Å². The van der Waals surface area contributed by atoms with Gasteiger partial charge in [-0.05, 0) is 30.9 Å². The summed E-state index contributed by atoms with van der Waals surface area (Å²) in [6.07, 6.45) is 1.31. The molecular weight excluding hydrogens is 332 g/mol. The molecule has 1 fully saturated rings. The molecule has 0 amide bonds. The fourth-order valence-electron chi connectivity index (χ4n) is 2.85. The van der Waals surface area contributed by atoms with Crippen molar-refractivity contribution in [2.45, 2.75) is 45.4 Å². The second-order valence-corrected chi connectivity index (χ2v) is 11.9. The van der Waals surface area contributed by atoms with Crippen molar-refractivity contribution in [3.05, 3.63) is 29.8 Å². The Morgan fingerprint density at radius 2 is 1.87 bits per heavy atom. The van der Waals surface area contributed by atoms with Crippen LogP contribution in [-0.2, 0) is 18.5 Å². The molecule has 0 N–H and O–H groups in total. The number of carbonyl (C=O) groups is 1. The Morgan fingerprint density at radius 1 is 1.26 bits per heavy atom. The first-order valence-electron chi connectivity index (χ1n) is 7.88. The summed E-state index contributed by atoms with van der Waals surface area (Å²) < 4.78 is 31.1. The van der Waals surface area contributed by atoms with Crippen LogP contribution in [0.4, 0.5) is 0 Å². The molecule has 1 aromatic rings. The number of hydrogen-bond donors (Lipinski definition) is 0. The topological polar surface area (TPSA) is 60.4 Å². The molecule has 0 aromatic heterocycles. The van der Waals surface area contributed by atoms with E-state index in [9.17, 15) is 13.2 Å². The van der Waals surface area contributed by atoms with Gasteiger partial charge in [0, 0.05) is 17.9 Å². The van der Waals surface area contributed by atoms with Crippen molar-refractivity contribution in [2.75, 3.05) is 17.3 Å². The zero-order valence-corrected chi connectivity index (χ0v) is 15.9. The van der Waals surface area contributed by atoms with Gasteiger partial charge >= 0.3 is 10.1 Å². The number of hydrogen-bond acceptors (Lipinski definition) is 4. The molecule has 0 aliphatic carbocycles. The zero-order chi connectivity index (χ0) is 17.3. The molecule has 1 aliphatic heterocycles. The fourth-order valence-corrected chi connectivity index (χ4v) is 9.49. The van der Waals surface area contributed by atoms with Gasteiger partial charge in [0.05, 0.1) is 10.6 Å². The van der Waals surface area contributed by atoms with Gasteiger partial charge in [0.15, 0.2) is 0 Å². The van der Waals surface area contributed by atoms with Crippen LogP contribution >= 0.6 is 10.3 Å². The van der Waals surface area contributed by atoms with Crippen LogP contribution in [0.2, 0.25) is 0 Å². The molecule has 1 aromatic carbocycles. The number of carbonyl (C=O) groups excluding carboxylic acids is 1. The van der Waals surface area contributed by atoms with Crippen molar-refractivity contribution in [1.82, 2.24) is 0 Å². The van der Waals surface area contributed by atoms with E-state index < -0.39 is 20.4 Å². The summed E-state index contributed by atoms with van der Waals surface area (Å²) in [4.78, 5) is 12.2. The maximum Gasteiger partial charge on any atom is 0.306 e. The molecule has 1 unspecified atom stereocenters. The van der Waals surface area contributed by atoms with E-state index in [1.807, 2.05) is 13.8 Å². The Kier molecular flexibility index (Phi) is 5.28. The average Bonchev–Trinajstić information content (AvgIpc) is 2.73. The normalized spacial score (nSPS) is 26.6. The molecule has 6 heteroatoms. The van der Waals surface area contributed by atoms with Crippen molar-refractivity contribution in [3.63, 3.8) is 0 Å². The maximum atomic E-state index is 12.7. The molecule has 0 bridgehead atoms. The van der Waals surface area contributed by atoms with Crippen molar-refractivity contribution in [2.24, 2.45) is 5.41 Å². The highest BCUT2D eigenvalue weighted by molar-refractivity contribution is 8.33. The van der Waals surface area contributed by atoms with Gasteiger partial charge in [-0.2, -0.15) is 8.42 Å². The third kappa shape index (κ3) is 4.58. The Labute approximate surface area is 141 Å². The first-order chi connectivity index (χ1) is 10.6. The quantitative estimate of drug-likeness (QED) is 0.775. The highest BCUT2D eigenvalue weighted by Gasteiger charge is 2.44. The van der Waals surface area contributed by atoms with E-state index in [0.717, 1.165) is 12.0 Å². The van der Waals surface area contributed by atoms with Gasteiger partial charge in [-0.3, -0.25) is 4.79 Å². The lowest BCUT2D eigenvalue weighted by atomic mass is 9.94. The minimum absolute atomic E-state index is 0.0200. The van der Waals surface area contributed by atoms with Gasteiger partial charge in [0.2, 0.25) is 0 Å². The van der Waals surface area contributed by atoms with Crippen LogP contribution in [0.25, 0.3) is 0 Å². The zero-order valence-electron chi connectivity index (χ0n) is 14.3. The Morgan fingerprint density at radius 3 is 2.35 bits per heavy atom. The molecule has 4 nitrogen and oxygen atoms in total. The molecule has 1 atom stereocenters. The van der Waals surface area contributed by atoms with Crippen LogP contribution in [0.3, 0.4) is 0 Å². The number of aryl methyl sites for hydroxylation is 1. The maximum absolute atomic E-state index is 12.7. The summed E-state index contributed by atoms with van der Waals surface area (Å²) in [6, 6.07) is 6.65. The van der Waals surface area contributed by atoms with E-state index in [-0.39, 0.29) is 21.8 Å². The second kappa shape index (κ2) is 6.57. The van der Waals surface area contributed by atoms with Gasteiger partial charge in [0.25, 0.3) is 0 Å². The standard InChI is InChI=1S/C17H26O4S2/c1-5-15(18)12-22(11-10-17(3,4)13-22)21-23(19,20)16-8-6-14(2)7-9-16/h6-9H,5,10-13H2,1-4H3.